The summed E-state index contributed by atoms with van der Waals surface area (Å²) in [4.78, 5) is 14.5. The largest absolute Gasteiger partial charge is 0.335 e. The van der Waals surface area contributed by atoms with Gasteiger partial charge in [-0.25, -0.2) is 0 Å². The van der Waals surface area contributed by atoms with Crippen LogP contribution in [0.2, 0.25) is 0 Å². The molecule has 1 aliphatic heterocycles. The molecule has 1 saturated heterocycles. The number of amides is 1. The third kappa shape index (κ3) is 2.16. The number of nitrogens with one attached hydrogen (secondary N) is 1. The van der Waals surface area contributed by atoms with Gasteiger partial charge in [0.25, 0.3) is 5.91 Å². The lowest BCUT2D eigenvalue weighted by Crippen LogP contribution is -2.40. The van der Waals surface area contributed by atoms with E-state index >= 15 is 0 Å². The molecule has 0 spiro atoms. The van der Waals surface area contributed by atoms with Crippen LogP contribution in [0.4, 0.5) is 0 Å². The summed E-state index contributed by atoms with van der Waals surface area (Å²) >= 11 is 0. The van der Waals surface area contributed by atoms with Crippen LogP contribution in [0.1, 0.15) is 55.3 Å². The van der Waals surface area contributed by atoms with Crippen LogP contribution < -0.4 is 0 Å². The number of aromatic amines is 1. The summed E-state index contributed by atoms with van der Waals surface area (Å²) in [7, 11) is 0. The highest BCUT2D eigenvalue weighted by molar-refractivity contribution is 5.94. The number of carbonyl (C=O) groups excluding carboxylic acids is 1. The Balaban J connectivity index is 1.72. The predicted molar refractivity (Wildman–Crippen MR) is 69.2 cm³/mol. The van der Waals surface area contributed by atoms with Crippen molar-refractivity contribution in [1.82, 2.24) is 15.1 Å². The minimum Gasteiger partial charge on any atom is -0.335 e. The van der Waals surface area contributed by atoms with Gasteiger partial charge in [-0.15, -0.1) is 0 Å². The maximum Gasteiger partial charge on any atom is 0.257 e. The molecule has 1 aromatic rings. The van der Waals surface area contributed by atoms with Crippen LogP contribution >= 0.6 is 0 Å². The molecule has 0 bridgehead atoms. The molecule has 1 unspecified atom stereocenters. The second-order valence-electron chi connectivity index (χ2n) is 5.59. The van der Waals surface area contributed by atoms with Crippen molar-refractivity contribution in [3.63, 3.8) is 0 Å². The molecule has 4 nitrogen and oxygen atoms in total. The van der Waals surface area contributed by atoms with Crippen LogP contribution in [-0.2, 0) is 0 Å². The summed E-state index contributed by atoms with van der Waals surface area (Å²) in [6.07, 6.45) is 12.4. The summed E-state index contributed by atoms with van der Waals surface area (Å²) in [6, 6.07) is 0.479. The van der Waals surface area contributed by atoms with E-state index in [4.69, 9.17) is 0 Å². The van der Waals surface area contributed by atoms with Gasteiger partial charge in [0.1, 0.15) is 0 Å². The molecular formula is C14H21N3O. The van der Waals surface area contributed by atoms with E-state index in [1.54, 1.807) is 12.4 Å². The molecule has 98 valence electrons. The van der Waals surface area contributed by atoms with Crippen molar-refractivity contribution in [3.05, 3.63) is 18.0 Å². The van der Waals surface area contributed by atoms with Gasteiger partial charge in [0.05, 0.1) is 11.8 Å². The molecule has 2 fully saturated rings. The summed E-state index contributed by atoms with van der Waals surface area (Å²) in [5, 5.41) is 6.61. The molecule has 1 amide bonds. The molecule has 3 rings (SSSR count). The van der Waals surface area contributed by atoms with E-state index in [9.17, 15) is 4.79 Å². The summed E-state index contributed by atoms with van der Waals surface area (Å²) in [5.74, 6) is 0.897. The monoisotopic (exact) mass is 247 g/mol. The number of likely N-dealkylation sites (tertiary alicyclic amines) is 1. The van der Waals surface area contributed by atoms with E-state index in [-0.39, 0.29) is 5.91 Å². The van der Waals surface area contributed by atoms with E-state index in [0.29, 0.717) is 11.6 Å². The zero-order valence-electron chi connectivity index (χ0n) is 10.8. The molecule has 1 saturated carbocycles. The fourth-order valence-electron chi connectivity index (χ4n) is 3.59. The fourth-order valence-corrected chi connectivity index (χ4v) is 3.59. The average Bonchev–Trinajstić information content (AvgIpc) is 3.10. The highest BCUT2D eigenvalue weighted by atomic mass is 16.2. The third-order valence-electron chi connectivity index (χ3n) is 4.50. The molecule has 1 atom stereocenters. The van der Waals surface area contributed by atoms with Crippen LogP contribution in [0.25, 0.3) is 0 Å². The minimum absolute atomic E-state index is 0.164. The first-order valence-corrected chi connectivity index (χ1v) is 7.16. The Morgan fingerprint density at radius 1 is 1.22 bits per heavy atom. The van der Waals surface area contributed by atoms with Crippen LogP contribution in [0, 0.1) is 5.92 Å². The van der Waals surface area contributed by atoms with E-state index in [1.807, 2.05) is 0 Å². The summed E-state index contributed by atoms with van der Waals surface area (Å²) < 4.78 is 0. The van der Waals surface area contributed by atoms with Crippen molar-refractivity contribution >= 4 is 5.91 Å². The van der Waals surface area contributed by atoms with Gasteiger partial charge < -0.3 is 4.90 Å². The van der Waals surface area contributed by atoms with Crippen LogP contribution in [0.15, 0.2) is 12.4 Å². The van der Waals surface area contributed by atoms with Crippen molar-refractivity contribution in [3.8, 4) is 0 Å². The molecule has 4 heteroatoms. The van der Waals surface area contributed by atoms with Crippen molar-refractivity contribution in [2.75, 3.05) is 6.54 Å². The highest BCUT2D eigenvalue weighted by Crippen LogP contribution is 2.34. The van der Waals surface area contributed by atoms with Gasteiger partial charge >= 0.3 is 0 Å². The lowest BCUT2D eigenvalue weighted by Gasteiger charge is -2.33. The molecular weight excluding hydrogens is 226 g/mol. The second kappa shape index (κ2) is 5.12. The highest BCUT2D eigenvalue weighted by Gasteiger charge is 2.35. The standard InChI is InChI=1S/C14H21N3O/c18-14(12-9-15-16-10-12)17-8-4-7-13(17)11-5-2-1-3-6-11/h9-11,13H,1-8H2,(H,15,16). The van der Waals surface area contributed by atoms with Crippen LogP contribution in [-0.4, -0.2) is 33.6 Å². The lowest BCUT2D eigenvalue weighted by atomic mass is 9.83. The van der Waals surface area contributed by atoms with Gasteiger partial charge in [0.15, 0.2) is 0 Å². The zero-order chi connectivity index (χ0) is 12.4. The summed E-state index contributed by atoms with van der Waals surface area (Å²) in [6.45, 7) is 0.922. The average molecular weight is 247 g/mol. The first-order valence-electron chi connectivity index (χ1n) is 7.16. The van der Waals surface area contributed by atoms with Crippen LogP contribution in [0.3, 0.4) is 0 Å². The number of hydrogen-bond acceptors (Lipinski definition) is 2. The Labute approximate surface area is 108 Å². The molecule has 0 radical (unpaired) electrons. The Kier molecular flexibility index (Phi) is 3.35. The van der Waals surface area contributed by atoms with Gasteiger partial charge in [-0.2, -0.15) is 5.10 Å². The maximum atomic E-state index is 12.4. The maximum absolute atomic E-state index is 12.4. The van der Waals surface area contributed by atoms with Gasteiger partial charge in [-0.3, -0.25) is 9.89 Å². The molecule has 1 N–H and O–H groups in total. The second-order valence-corrected chi connectivity index (χ2v) is 5.59. The molecule has 18 heavy (non-hydrogen) atoms. The van der Waals surface area contributed by atoms with Crippen molar-refractivity contribution in [1.29, 1.82) is 0 Å². The first-order chi connectivity index (χ1) is 8.86. The summed E-state index contributed by atoms with van der Waals surface area (Å²) in [5.41, 5.74) is 0.706. The van der Waals surface area contributed by atoms with Crippen molar-refractivity contribution in [2.24, 2.45) is 5.92 Å². The van der Waals surface area contributed by atoms with Crippen LogP contribution in [0.5, 0.6) is 0 Å². The van der Waals surface area contributed by atoms with E-state index in [0.717, 1.165) is 18.9 Å². The van der Waals surface area contributed by atoms with Gasteiger partial charge in [-0.05, 0) is 31.6 Å². The fraction of sp³-hybridized carbons (Fsp3) is 0.714. The number of hydrogen-bond donors (Lipinski definition) is 1. The first kappa shape index (κ1) is 11.8. The Bertz CT molecular complexity index is 395. The number of aromatic nitrogens is 2. The topological polar surface area (TPSA) is 49.0 Å². The quantitative estimate of drug-likeness (QED) is 0.873. The van der Waals surface area contributed by atoms with Crippen molar-refractivity contribution in [2.45, 2.75) is 51.0 Å². The van der Waals surface area contributed by atoms with Gasteiger partial charge in [-0.1, -0.05) is 19.3 Å². The normalized spacial score (nSPS) is 25.6. The molecule has 2 aliphatic rings. The molecule has 1 aromatic heterocycles. The van der Waals surface area contributed by atoms with E-state index in [1.165, 1.54) is 38.5 Å². The lowest BCUT2D eigenvalue weighted by molar-refractivity contribution is 0.0661. The Morgan fingerprint density at radius 3 is 2.78 bits per heavy atom. The zero-order valence-corrected chi connectivity index (χ0v) is 10.8. The molecule has 2 heterocycles. The number of H-pyrrole nitrogens is 1. The minimum atomic E-state index is 0.164. The number of carbonyl (C=O) groups is 1. The Morgan fingerprint density at radius 2 is 2.06 bits per heavy atom. The van der Waals surface area contributed by atoms with E-state index in [2.05, 4.69) is 15.1 Å². The van der Waals surface area contributed by atoms with Gasteiger partial charge in [0.2, 0.25) is 0 Å². The molecule has 0 aromatic carbocycles. The molecule has 1 aliphatic carbocycles. The van der Waals surface area contributed by atoms with Gasteiger partial charge in [0, 0.05) is 18.8 Å². The SMILES string of the molecule is O=C(c1cn[nH]c1)N1CCCC1C1CCCCC1. The Hall–Kier alpha value is -1.32. The van der Waals surface area contributed by atoms with Crippen molar-refractivity contribution < 1.29 is 4.79 Å². The number of rotatable bonds is 2. The third-order valence-corrected chi connectivity index (χ3v) is 4.50. The van der Waals surface area contributed by atoms with E-state index < -0.39 is 0 Å². The number of nitrogens with zero attached hydrogens (tertiary/aromatic N) is 2. The smallest absolute Gasteiger partial charge is 0.257 e. The predicted octanol–water partition coefficient (Wildman–Crippen LogP) is 2.59.